The van der Waals surface area contributed by atoms with Gasteiger partial charge in [-0.25, -0.2) is 0 Å². The van der Waals surface area contributed by atoms with Crippen molar-refractivity contribution in [1.29, 1.82) is 0 Å². The Labute approximate surface area is 71.3 Å². The SMILES string of the molecule is C=C1C(C)=C(P)C(=C)C1CC. The largest absolute Gasteiger partial charge is 0.105 e. The fraction of sp³-hybridized carbons (Fsp3) is 0.400. The van der Waals surface area contributed by atoms with E-state index in [2.05, 4.69) is 36.2 Å². The Morgan fingerprint density at radius 2 is 1.91 bits per heavy atom. The van der Waals surface area contributed by atoms with Crippen molar-refractivity contribution in [3.63, 3.8) is 0 Å². The average molecular weight is 166 g/mol. The van der Waals surface area contributed by atoms with Crippen LogP contribution in [0.2, 0.25) is 0 Å². The highest BCUT2D eigenvalue weighted by Crippen LogP contribution is 2.43. The molecule has 0 radical (unpaired) electrons. The van der Waals surface area contributed by atoms with E-state index in [-0.39, 0.29) is 0 Å². The molecule has 0 spiro atoms. The van der Waals surface area contributed by atoms with Crippen LogP contribution < -0.4 is 0 Å². The molecule has 0 aromatic carbocycles. The standard InChI is InChI=1S/C10H15P/c1-5-9-6(2)7(3)10(11)8(9)4/h9H,2,4-5,11H2,1,3H3. The summed E-state index contributed by atoms with van der Waals surface area (Å²) in [6, 6.07) is 0. The smallest absolute Gasteiger partial charge is 0.00840 e. The van der Waals surface area contributed by atoms with Crippen molar-refractivity contribution in [3.05, 3.63) is 35.2 Å². The molecule has 0 aromatic heterocycles. The maximum atomic E-state index is 4.06. The molecule has 0 N–H and O–H groups in total. The predicted octanol–water partition coefficient (Wildman–Crippen LogP) is 3.29. The average Bonchev–Trinajstić information content (AvgIpc) is 2.17. The minimum Gasteiger partial charge on any atom is -0.105 e. The van der Waals surface area contributed by atoms with Gasteiger partial charge in [0.25, 0.3) is 0 Å². The van der Waals surface area contributed by atoms with Gasteiger partial charge in [-0.1, -0.05) is 20.1 Å². The van der Waals surface area contributed by atoms with Crippen LogP contribution in [-0.2, 0) is 0 Å². The molecular weight excluding hydrogens is 151 g/mol. The van der Waals surface area contributed by atoms with Crippen molar-refractivity contribution in [2.24, 2.45) is 5.92 Å². The summed E-state index contributed by atoms with van der Waals surface area (Å²) in [7, 11) is 2.75. The Morgan fingerprint density at radius 1 is 1.36 bits per heavy atom. The lowest BCUT2D eigenvalue weighted by Crippen LogP contribution is -1.97. The minimum atomic E-state index is 0.502. The minimum absolute atomic E-state index is 0.502. The molecule has 1 aliphatic carbocycles. The maximum Gasteiger partial charge on any atom is 0.00840 e. The van der Waals surface area contributed by atoms with Crippen molar-refractivity contribution in [2.75, 3.05) is 0 Å². The molecule has 11 heavy (non-hydrogen) atoms. The van der Waals surface area contributed by atoms with E-state index < -0.39 is 0 Å². The van der Waals surface area contributed by atoms with E-state index in [1.165, 1.54) is 22.0 Å². The van der Waals surface area contributed by atoms with E-state index in [4.69, 9.17) is 0 Å². The second-order valence-electron chi connectivity index (χ2n) is 3.05. The molecule has 1 heteroatoms. The zero-order valence-electron chi connectivity index (χ0n) is 7.28. The molecule has 0 fully saturated rings. The highest BCUT2D eigenvalue weighted by Gasteiger charge is 2.24. The summed E-state index contributed by atoms with van der Waals surface area (Å²) in [6.07, 6.45) is 1.12. The van der Waals surface area contributed by atoms with Crippen LogP contribution in [-0.4, -0.2) is 0 Å². The monoisotopic (exact) mass is 166 g/mol. The quantitative estimate of drug-likeness (QED) is 0.524. The van der Waals surface area contributed by atoms with Gasteiger partial charge < -0.3 is 0 Å². The summed E-state index contributed by atoms with van der Waals surface area (Å²) in [4.78, 5) is 0. The van der Waals surface area contributed by atoms with Gasteiger partial charge in [0.2, 0.25) is 0 Å². The third kappa shape index (κ3) is 1.20. The first-order chi connectivity index (χ1) is 5.09. The summed E-state index contributed by atoms with van der Waals surface area (Å²) < 4.78 is 0. The maximum absolute atomic E-state index is 4.06. The lowest BCUT2D eigenvalue weighted by molar-refractivity contribution is 0.730. The molecule has 0 heterocycles. The fourth-order valence-electron chi connectivity index (χ4n) is 1.57. The van der Waals surface area contributed by atoms with E-state index in [9.17, 15) is 0 Å². The first-order valence-electron chi connectivity index (χ1n) is 3.94. The Hall–Kier alpha value is -0.350. The molecule has 1 aliphatic rings. The highest BCUT2D eigenvalue weighted by atomic mass is 31.0. The van der Waals surface area contributed by atoms with Crippen LogP contribution in [0.4, 0.5) is 0 Å². The molecule has 0 nitrogen and oxygen atoms in total. The molecule has 0 saturated heterocycles. The molecule has 2 atom stereocenters. The van der Waals surface area contributed by atoms with Crippen LogP contribution in [0.15, 0.2) is 35.2 Å². The third-order valence-electron chi connectivity index (χ3n) is 2.48. The van der Waals surface area contributed by atoms with Crippen LogP contribution in [0.1, 0.15) is 20.3 Å². The number of hydrogen-bond donors (Lipinski definition) is 0. The van der Waals surface area contributed by atoms with Gasteiger partial charge in [-0.05, 0) is 35.4 Å². The molecular formula is C10H15P. The lowest BCUT2D eigenvalue weighted by Gasteiger charge is -2.10. The van der Waals surface area contributed by atoms with Crippen molar-refractivity contribution in [1.82, 2.24) is 0 Å². The van der Waals surface area contributed by atoms with Crippen LogP contribution in [0.3, 0.4) is 0 Å². The Kier molecular flexibility index (Phi) is 2.34. The van der Waals surface area contributed by atoms with E-state index in [1.54, 1.807) is 0 Å². The van der Waals surface area contributed by atoms with Gasteiger partial charge in [0.05, 0.1) is 0 Å². The summed E-state index contributed by atoms with van der Waals surface area (Å²) in [5, 5.41) is 1.27. The summed E-state index contributed by atoms with van der Waals surface area (Å²) in [5.41, 5.74) is 3.80. The van der Waals surface area contributed by atoms with Crippen molar-refractivity contribution >= 4 is 9.24 Å². The predicted molar refractivity (Wildman–Crippen MR) is 54.5 cm³/mol. The zero-order chi connectivity index (χ0) is 8.59. The molecule has 60 valence electrons. The Bertz CT molecular complexity index is 222. The number of hydrogen-bond acceptors (Lipinski definition) is 0. The van der Waals surface area contributed by atoms with Crippen molar-refractivity contribution < 1.29 is 0 Å². The molecule has 2 unspecified atom stereocenters. The summed E-state index contributed by atoms with van der Waals surface area (Å²) >= 11 is 0. The molecule has 1 rings (SSSR count). The number of allylic oxidation sites excluding steroid dienone is 4. The summed E-state index contributed by atoms with van der Waals surface area (Å²) in [5.74, 6) is 0.502. The van der Waals surface area contributed by atoms with E-state index in [0.29, 0.717) is 5.92 Å². The first kappa shape index (κ1) is 8.74. The number of rotatable bonds is 1. The second-order valence-corrected chi connectivity index (χ2v) is 3.63. The normalized spacial score (nSPS) is 25.2. The summed E-state index contributed by atoms with van der Waals surface area (Å²) in [6.45, 7) is 12.4. The van der Waals surface area contributed by atoms with E-state index in [1.807, 2.05) is 0 Å². The lowest BCUT2D eigenvalue weighted by atomic mass is 9.95. The van der Waals surface area contributed by atoms with Gasteiger partial charge in [-0.2, -0.15) is 0 Å². The van der Waals surface area contributed by atoms with Gasteiger partial charge in [0.15, 0.2) is 0 Å². The zero-order valence-corrected chi connectivity index (χ0v) is 8.43. The molecule has 0 saturated carbocycles. The highest BCUT2D eigenvalue weighted by molar-refractivity contribution is 7.23. The van der Waals surface area contributed by atoms with Gasteiger partial charge in [-0.15, -0.1) is 9.24 Å². The van der Waals surface area contributed by atoms with Gasteiger partial charge in [-0.3, -0.25) is 0 Å². The van der Waals surface area contributed by atoms with E-state index >= 15 is 0 Å². The molecule has 0 aliphatic heterocycles. The van der Waals surface area contributed by atoms with Crippen molar-refractivity contribution in [2.45, 2.75) is 20.3 Å². The third-order valence-corrected chi connectivity index (χ3v) is 3.28. The fourth-order valence-corrected chi connectivity index (χ4v) is 1.95. The van der Waals surface area contributed by atoms with Crippen LogP contribution in [0.25, 0.3) is 0 Å². The first-order valence-corrected chi connectivity index (χ1v) is 4.52. The van der Waals surface area contributed by atoms with Gasteiger partial charge in [0.1, 0.15) is 0 Å². The molecule has 0 aromatic rings. The molecule has 0 bridgehead atoms. The second kappa shape index (κ2) is 2.95. The van der Waals surface area contributed by atoms with E-state index in [0.717, 1.165) is 6.42 Å². The van der Waals surface area contributed by atoms with Crippen LogP contribution in [0.5, 0.6) is 0 Å². The van der Waals surface area contributed by atoms with Gasteiger partial charge >= 0.3 is 0 Å². The Morgan fingerprint density at radius 3 is 2.09 bits per heavy atom. The van der Waals surface area contributed by atoms with Crippen LogP contribution >= 0.6 is 9.24 Å². The Balaban J connectivity index is 3.02. The molecule has 0 amide bonds. The topological polar surface area (TPSA) is 0 Å². The van der Waals surface area contributed by atoms with Gasteiger partial charge in [0, 0.05) is 5.92 Å². The van der Waals surface area contributed by atoms with Crippen molar-refractivity contribution in [3.8, 4) is 0 Å². The van der Waals surface area contributed by atoms with Crippen LogP contribution in [0, 0.1) is 5.92 Å².